The van der Waals surface area contributed by atoms with Crippen LogP contribution in [0.2, 0.25) is 5.02 Å². The maximum absolute atomic E-state index is 14.3. The quantitative estimate of drug-likeness (QED) is 0.670. The van der Waals surface area contributed by atoms with Gasteiger partial charge in [-0.15, -0.1) is 0 Å². The number of fused-ring (bicyclic) bond motifs is 1. The molecule has 2 amide bonds. The fourth-order valence-corrected chi connectivity index (χ4v) is 6.16. The third kappa shape index (κ3) is 3.67. The van der Waals surface area contributed by atoms with Crippen LogP contribution >= 0.6 is 11.6 Å². The first-order valence-corrected chi connectivity index (χ1v) is 11.5. The normalized spacial score (nSPS) is 22.8. The molecule has 0 aliphatic carbocycles. The summed E-state index contributed by atoms with van der Waals surface area (Å²) in [5, 5.41) is 0.203. The monoisotopic (exact) mass is 438 g/mol. The number of ether oxygens (including phenoxy) is 1. The predicted molar refractivity (Wildman–Crippen MR) is 109 cm³/mol. The minimum absolute atomic E-state index is 0.0887. The fourth-order valence-electron chi connectivity index (χ4n) is 3.99. The Morgan fingerprint density at radius 1 is 1.14 bits per heavy atom. The van der Waals surface area contributed by atoms with E-state index in [4.69, 9.17) is 16.3 Å². The molecule has 2 fully saturated rings. The smallest absolute Gasteiger partial charge is 0.325 e. The van der Waals surface area contributed by atoms with Crippen LogP contribution in [-0.4, -0.2) is 49.5 Å². The van der Waals surface area contributed by atoms with Crippen molar-refractivity contribution in [2.24, 2.45) is 0 Å². The molecule has 2 heterocycles. The maximum atomic E-state index is 14.3. The van der Waals surface area contributed by atoms with Gasteiger partial charge in [0.2, 0.25) is 0 Å². The molecule has 0 spiro atoms. The van der Waals surface area contributed by atoms with Crippen molar-refractivity contribution in [2.45, 2.75) is 25.6 Å². The number of benzene rings is 2. The summed E-state index contributed by atoms with van der Waals surface area (Å²) in [6.45, 7) is 2.30. The van der Waals surface area contributed by atoms with Crippen LogP contribution in [0.1, 0.15) is 12.5 Å². The van der Waals surface area contributed by atoms with Crippen molar-refractivity contribution in [1.29, 1.82) is 0 Å². The molecule has 0 radical (unpaired) electrons. The number of halogens is 2. The van der Waals surface area contributed by atoms with Crippen LogP contribution in [0.5, 0.6) is 5.75 Å². The Morgan fingerprint density at radius 3 is 2.48 bits per heavy atom. The largest absolute Gasteiger partial charge is 0.494 e. The summed E-state index contributed by atoms with van der Waals surface area (Å²) < 4.78 is 44.4. The van der Waals surface area contributed by atoms with E-state index in [1.807, 2.05) is 6.92 Å². The first-order valence-electron chi connectivity index (χ1n) is 9.26. The zero-order valence-corrected chi connectivity index (χ0v) is 17.3. The van der Waals surface area contributed by atoms with Gasteiger partial charge < -0.3 is 9.64 Å². The van der Waals surface area contributed by atoms with Gasteiger partial charge in [-0.05, 0) is 43.3 Å². The fraction of sp³-hybridized carbons (Fsp3) is 0.350. The molecule has 2 aliphatic rings. The van der Waals surface area contributed by atoms with Gasteiger partial charge in [-0.2, -0.15) is 0 Å². The highest BCUT2D eigenvalue weighted by Crippen LogP contribution is 2.37. The molecule has 0 aromatic heterocycles. The van der Waals surface area contributed by atoms with Gasteiger partial charge in [0.25, 0.3) is 0 Å². The van der Waals surface area contributed by atoms with E-state index in [-0.39, 0.29) is 34.7 Å². The number of carbonyl (C=O) groups is 1. The van der Waals surface area contributed by atoms with Gasteiger partial charge >= 0.3 is 6.03 Å². The van der Waals surface area contributed by atoms with E-state index in [9.17, 15) is 17.6 Å². The van der Waals surface area contributed by atoms with Crippen LogP contribution < -0.4 is 9.64 Å². The van der Waals surface area contributed by atoms with E-state index < -0.39 is 27.7 Å². The number of rotatable bonds is 5. The van der Waals surface area contributed by atoms with E-state index in [2.05, 4.69) is 0 Å². The van der Waals surface area contributed by atoms with Crippen LogP contribution in [-0.2, 0) is 16.4 Å². The van der Waals surface area contributed by atoms with Crippen molar-refractivity contribution in [2.75, 3.05) is 23.0 Å². The summed E-state index contributed by atoms with van der Waals surface area (Å²) >= 11 is 6.13. The molecule has 29 heavy (non-hydrogen) atoms. The number of amides is 2. The molecule has 6 nitrogen and oxygen atoms in total. The minimum atomic E-state index is -3.32. The molecule has 154 valence electrons. The molecular weight excluding hydrogens is 419 g/mol. The third-order valence-electron chi connectivity index (χ3n) is 5.29. The van der Waals surface area contributed by atoms with Gasteiger partial charge in [0.15, 0.2) is 9.84 Å². The summed E-state index contributed by atoms with van der Waals surface area (Å²) in [5.41, 5.74) is 0.756. The number of carbonyl (C=O) groups excluding carboxylic acids is 1. The molecular formula is C20H20ClFN2O4S. The lowest BCUT2D eigenvalue weighted by atomic mass is 10.1. The second kappa shape index (κ2) is 7.50. The van der Waals surface area contributed by atoms with Gasteiger partial charge in [-0.25, -0.2) is 17.6 Å². The van der Waals surface area contributed by atoms with E-state index in [0.29, 0.717) is 18.0 Å². The molecule has 2 aliphatic heterocycles. The number of hydrogen-bond acceptors (Lipinski definition) is 4. The van der Waals surface area contributed by atoms with Crippen molar-refractivity contribution in [3.8, 4) is 5.75 Å². The summed E-state index contributed by atoms with van der Waals surface area (Å²) in [6, 6.07) is 9.78. The number of urea groups is 1. The van der Waals surface area contributed by atoms with Crippen LogP contribution in [0.15, 0.2) is 42.5 Å². The van der Waals surface area contributed by atoms with Gasteiger partial charge in [-0.1, -0.05) is 17.7 Å². The van der Waals surface area contributed by atoms with Crippen molar-refractivity contribution in [1.82, 2.24) is 4.90 Å². The molecule has 2 aromatic rings. The number of nitrogens with zero attached hydrogens (tertiary/aromatic N) is 2. The summed E-state index contributed by atoms with van der Waals surface area (Å²) in [6.07, 6.45) is 0. The Kier molecular flexibility index (Phi) is 5.16. The number of hydrogen-bond donors (Lipinski definition) is 0. The average Bonchev–Trinajstić information content (AvgIpc) is 3.09. The van der Waals surface area contributed by atoms with Crippen LogP contribution in [0.4, 0.5) is 14.9 Å². The zero-order chi connectivity index (χ0) is 20.8. The van der Waals surface area contributed by atoms with Gasteiger partial charge in [-0.3, -0.25) is 4.90 Å². The van der Waals surface area contributed by atoms with Crippen molar-refractivity contribution in [3.63, 3.8) is 0 Å². The Labute approximate surface area is 173 Å². The molecule has 0 bridgehead atoms. The Morgan fingerprint density at radius 2 is 1.83 bits per heavy atom. The Balaban J connectivity index is 1.69. The Hall–Kier alpha value is -2.32. The van der Waals surface area contributed by atoms with Crippen molar-refractivity contribution in [3.05, 3.63) is 58.9 Å². The highest BCUT2D eigenvalue weighted by Gasteiger charge is 2.54. The third-order valence-corrected chi connectivity index (χ3v) is 7.35. The lowest BCUT2D eigenvalue weighted by molar-refractivity contribution is 0.205. The summed E-state index contributed by atoms with van der Waals surface area (Å²) in [7, 11) is -3.32. The second-order valence-corrected chi connectivity index (χ2v) is 9.68. The van der Waals surface area contributed by atoms with Gasteiger partial charge in [0.05, 0.1) is 36.7 Å². The molecule has 2 saturated heterocycles. The second-order valence-electron chi connectivity index (χ2n) is 7.12. The first kappa shape index (κ1) is 20.0. The predicted octanol–water partition coefficient (Wildman–Crippen LogP) is 3.49. The lowest BCUT2D eigenvalue weighted by Crippen LogP contribution is -2.37. The van der Waals surface area contributed by atoms with Crippen LogP contribution in [0.25, 0.3) is 0 Å². The highest BCUT2D eigenvalue weighted by molar-refractivity contribution is 7.91. The summed E-state index contributed by atoms with van der Waals surface area (Å²) in [4.78, 5) is 16.1. The highest BCUT2D eigenvalue weighted by atomic mass is 35.5. The molecule has 0 N–H and O–H groups in total. The molecule has 2 unspecified atom stereocenters. The molecule has 0 saturated carbocycles. The van der Waals surface area contributed by atoms with Crippen molar-refractivity contribution >= 4 is 33.2 Å². The SMILES string of the molecule is CCOc1ccc(N2C(=O)N(Cc3c(F)cccc3Cl)C3CS(=O)(=O)CC32)cc1. The topological polar surface area (TPSA) is 66.9 Å². The van der Waals surface area contributed by atoms with E-state index in [0.717, 1.165) is 0 Å². The standard InChI is InChI=1S/C20H20ClFN2O4S/c1-2-28-14-8-6-13(7-9-14)24-19-12-29(26,27)11-18(19)23(20(24)25)10-15-16(21)4-3-5-17(15)22/h3-9,18-19H,2,10-12H2,1H3. The summed E-state index contributed by atoms with van der Waals surface area (Å²) in [5.74, 6) is -0.142. The van der Waals surface area contributed by atoms with Crippen LogP contribution in [0.3, 0.4) is 0 Å². The van der Waals surface area contributed by atoms with Crippen molar-refractivity contribution < 1.29 is 22.3 Å². The molecule has 2 aromatic carbocycles. The van der Waals surface area contributed by atoms with E-state index >= 15 is 0 Å². The first-order chi connectivity index (χ1) is 13.8. The van der Waals surface area contributed by atoms with E-state index in [1.165, 1.54) is 21.9 Å². The minimum Gasteiger partial charge on any atom is -0.494 e. The van der Waals surface area contributed by atoms with E-state index in [1.54, 1.807) is 30.3 Å². The Bertz CT molecular complexity index is 1020. The lowest BCUT2D eigenvalue weighted by Gasteiger charge is -2.23. The van der Waals surface area contributed by atoms with Gasteiger partial charge in [0, 0.05) is 16.3 Å². The number of sulfone groups is 1. The average molecular weight is 439 g/mol. The van der Waals surface area contributed by atoms with Gasteiger partial charge in [0.1, 0.15) is 11.6 Å². The molecule has 9 heteroatoms. The molecule has 4 rings (SSSR count). The zero-order valence-electron chi connectivity index (χ0n) is 15.7. The molecule has 2 atom stereocenters. The maximum Gasteiger partial charge on any atom is 0.325 e. The van der Waals surface area contributed by atoms with Crippen LogP contribution in [0, 0.1) is 5.82 Å². The number of anilines is 1.